The number of carbonyl (C=O) groups is 3. The number of ether oxygens (including phenoxy) is 2. The van der Waals surface area contributed by atoms with E-state index < -0.39 is 17.8 Å². The van der Waals surface area contributed by atoms with E-state index in [9.17, 15) is 14.4 Å². The van der Waals surface area contributed by atoms with Gasteiger partial charge in [0.1, 0.15) is 11.5 Å². The molecule has 2 N–H and O–H groups in total. The van der Waals surface area contributed by atoms with Crippen LogP contribution < -0.4 is 20.2 Å². The normalized spacial score (nSPS) is 10.4. The van der Waals surface area contributed by atoms with Gasteiger partial charge in [-0.05, 0) is 55.5 Å². The summed E-state index contributed by atoms with van der Waals surface area (Å²) in [5.74, 6) is -1.48. The van der Waals surface area contributed by atoms with Crippen molar-refractivity contribution in [2.24, 2.45) is 5.10 Å². The summed E-state index contributed by atoms with van der Waals surface area (Å²) in [6.07, 6.45) is 1.29. The van der Waals surface area contributed by atoms with Gasteiger partial charge in [0, 0.05) is 11.3 Å². The number of nitrogens with zero attached hydrogens (tertiary/aromatic N) is 1. The van der Waals surface area contributed by atoms with E-state index in [2.05, 4.69) is 15.8 Å². The Morgan fingerprint density at radius 3 is 2.25 bits per heavy atom. The average molecular weight is 431 g/mol. The quantitative estimate of drug-likeness (QED) is 0.205. The molecule has 3 rings (SSSR count). The second-order valence-corrected chi connectivity index (χ2v) is 6.68. The molecule has 162 valence electrons. The Labute approximate surface area is 184 Å². The Bertz CT molecular complexity index is 1140. The summed E-state index contributed by atoms with van der Waals surface area (Å²) in [4.78, 5) is 36.4. The van der Waals surface area contributed by atoms with Crippen LogP contribution in [0.4, 0.5) is 5.69 Å². The molecule has 0 fully saturated rings. The maximum absolute atomic E-state index is 12.4. The summed E-state index contributed by atoms with van der Waals surface area (Å²) in [7, 11) is 1.54. The molecule has 0 aliphatic heterocycles. The first-order valence-electron chi connectivity index (χ1n) is 9.62. The molecule has 0 aromatic heterocycles. The topological polar surface area (TPSA) is 106 Å². The molecule has 0 unspecified atom stereocenters. The highest BCUT2D eigenvalue weighted by Gasteiger charge is 2.14. The lowest BCUT2D eigenvalue weighted by molar-refractivity contribution is -0.136. The van der Waals surface area contributed by atoms with E-state index in [1.165, 1.54) is 13.3 Å². The maximum atomic E-state index is 12.4. The van der Waals surface area contributed by atoms with Crippen LogP contribution in [0.25, 0.3) is 0 Å². The first-order valence-corrected chi connectivity index (χ1v) is 9.62. The van der Waals surface area contributed by atoms with E-state index >= 15 is 0 Å². The Hall–Kier alpha value is -4.46. The molecule has 32 heavy (non-hydrogen) atoms. The first kappa shape index (κ1) is 22.2. The zero-order chi connectivity index (χ0) is 22.9. The zero-order valence-corrected chi connectivity index (χ0v) is 17.5. The molecule has 3 aromatic carbocycles. The fourth-order valence-electron chi connectivity index (χ4n) is 2.60. The molecule has 0 heterocycles. The molecule has 8 nitrogen and oxygen atoms in total. The second kappa shape index (κ2) is 10.5. The van der Waals surface area contributed by atoms with Crippen molar-refractivity contribution in [2.45, 2.75) is 6.92 Å². The number of hydrazone groups is 1. The second-order valence-electron chi connectivity index (χ2n) is 6.68. The standard InChI is InChI=1S/C24H21N3O5/c1-16-7-11-19(12-8-16)26-22(28)23(29)27-25-15-18-5-3-4-6-21(18)32-24(30)17-9-13-20(31-2)14-10-17/h3-15H,1-2H3,(H,26,28)(H,27,29)/b25-15+. The summed E-state index contributed by atoms with van der Waals surface area (Å²) >= 11 is 0. The van der Waals surface area contributed by atoms with Crippen molar-refractivity contribution in [3.05, 3.63) is 89.5 Å². The van der Waals surface area contributed by atoms with Crippen molar-refractivity contribution in [2.75, 3.05) is 12.4 Å². The molecule has 0 bridgehead atoms. The van der Waals surface area contributed by atoms with Gasteiger partial charge in [0.25, 0.3) is 0 Å². The number of benzene rings is 3. The highest BCUT2D eigenvalue weighted by molar-refractivity contribution is 6.39. The van der Waals surface area contributed by atoms with Gasteiger partial charge in [-0.15, -0.1) is 0 Å². The molecule has 2 amide bonds. The van der Waals surface area contributed by atoms with Crippen LogP contribution in [0.1, 0.15) is 21.5 Å². The number of anilines is 1. The van der Waals surface area contributed by atoms with E-state index in [1.807, 2.05) is 19.1 Å². The van der Waals surface area contributed by atoms with Crippen molar-refractivity contribution in [1.82, 2.24) is 5.43 Å². The smallest absolute Gasteiger partial charge is 0.343 e. The van der Waals surface area contributed by atoms with Crippen LogP contribution in [0.3, 0.4) is 0 Å². The van der Waals surface area contributed by atoms with Crippen molar-refractivity contribution < 1.29 is 23.9 Å². The monoisotopic (exact) mass is 431 g/mol. The number of carbonyl (C=O) groups excluding carboxylic acids is 3. The molecule has 0 saturated heterocycles. The summed E-state index contributed by atoms with van der Waals surface area (Å²) in [6.45, 7) is 1.92. The molecule has 0 radical (unpaired) electrons. The predicted molar refractivity (Wildman–Crippen MR) is 120 cm³/mol. The molecular formula is C24H21N3O5. The van der Waals surface area contributed by atoms with Gasteiger partial charge in [-0.25, -0.2) is 10.2 Å². The van der Waals surface area contributed by atoms with Crippen LogP contribution in [0.15, 0.2) is 77.9 Å². The summed E-state index contributed by atoms with van der Waals surface area (Å²) < 4.78 is 10.5. The summed E-state index contributed by atoms with van der Waals surface area (Å²) in [6, 6.07) is 20.2. The fraction of sp³-hybridized carbons (Fsp3) is 0.0833. The van der Waals surface area contributed by atoms with Crippen LogP contribution in [-0.4, -0.2) is 31.1 Å². The minimum atomic E-state index is -0.936. The molecule has 3 aromatic rings. The van der Waals surface area contributed by atoms with Crippen LogP contribution in [0.5, 0.6) is 11.5 Å². The van der Waals surface area contributed by atoms with Crippen molar-refractivity contribution in [1.29, 1.82) is 0 Å². The molecule has 0 aliphatic carbocycles. The van der Waals surface area contributed by atoms with Crippen molar-refractivity contribution in [3.8, 4) is 11.5 Å². The third-order valence-electron chi connectivity index (χ3n) is 4.33. The van der Waals surface area contributed by atoms with Gasteiger partial charge in [0.05, 0.1) is 18.9 Å². The van der Waals surface area contributed by atoms with Crippen LogP contribution in [0, 0.1) is 6.92 Å². The first-order chi connectivity index (χ1) is 15.5. The van der Waals surface area contributed by atoms with Crippen LogP contribution >= 0.6 is 0 Å². The van der Waals surface area contributed by atoms with E-state index in [1.54, 1.807) is 60.7 Å². The van der Waals surface area contributed by atoms with E-state index in [-0.39, 0.29) is 5.75 Å². The lowest BCUT2D eigenvalue weighted by Crippen LogP contribution is -2.32. The fourth-order valence-corrected chi connectivity index (χ4v) is 2.60. The minimum absolute atomic E-state index is 0.246. The Morgan fingerprint density at radius 1 is 0.875 bits per heavy atom. The van der Waals surface area contributed by atoms with Crippen molar-refractivity contribution in [3.63, 3.8) is 0 Å². The van der Waals surface area contributed by atoms with Gasteiger partial charge in [-0.2, -0.15) is 5.10 Å². The predicted octanol–water partition coefficient (Wildman–Crippen LogP) is 3.31. The maximum Gasteiger partial charge on any atom is 0.343 e. The number of hydrogen-bond donors (Lipinski definition) is 2. The molecular weight excluding hydrogens is 410 g/mol. The molecule has 0 aliphatic rings. The number of hydrogen-bond acceptors (Lipinski definition) is 6. The van der Waals surface area contributed by atoms with E-state index in [0.717, 1.165) is 5.56 Å². The molecule has 8 heteroatoms. The SMILES string of the molecule is COc1ccc(C(=O)Oc2ccccc2/C=N/NC(=O)C(=O)Nc2ccc(C)cc2)cc1. The van der Waals surface area contributed by atoms with Gasteiger partial charge in [0.15, 0.2) is 0 Å². The minimum Gasteiger partial charge on any atom is -0.497 e. The highest BCUT2D eigenvalue weighted by atomic mass is 16.5. The number of nitrogens with one attached hydrogen (secondary N) is 2. The average Bonchev–Trinajstić information content (AvgIpc) is 2.81. The molecule has 0 atom stereocenters. The van der Waals surface area contributed by atoms with Crippen LogP contribution in [-0.2, 0) is 9.59 Å². The number of rotatable bonds is 6. The number of para-hydroxylation sites is 1. The lowest BCUT2D eigenvalue weighted by Gasteiger charge is -2.08. The summed E-state index contributed by atoms with van der Waals surface area (Å²) in [5.41, 5.74) is 4.46. The van der Waals surface area contributed by atoms with Gasteiger partial charge in [0.2, 0.25) is 0 Å². The zero-order valence-electron chi connectivity index (χ0n) is 17.5. The third kappa shape index (κ3) is 6.02. The summed E-state index contributed by atoms with van der Waals surface area (Å²) in [5, 5.41) is 6.27. The van der Waals surface area contributed by atoms with E-state index in [4.69, 9.17) is 9.47 Å². The lowest BCUT2D eigenvalue weighted by atomic mass is 10.2. The third-order valence-corrected chi connectivity index (χ3v) is 4.33. The Morgan fingerprint density at radius 2 is 1.56 bits per heavy atom. The van der Waals surface area contributed by atoms with Gasteiger partial charge in [-0.1, -0.05) is 29.8 Å². The number of amides is 2. The Kier molecular flexibility index (Phi) is 7.32. The van der Waals surface area contributed by atoms with Gasteiger partial charge in [-0.3, -0.25) is 9.59 Å². The number of esters is 1. The van der Waals surface area contributed by atoms with Gasteiger partial charge < -0.3 is 14.8 Å². The molecule has 0 saturated carbocycles. The molecule has 0 spiro atoms. The Balaban J connectivity index is 1.61. The highest BCUT2D eigenvalue weighted by Crippen LogP contribution is 2.19. The number of aryl methyl sites for hydroxylation is 1. The largest absolute Gasteiger partial charge is 0.497 e. The van der Waals surface area contributed by atoms with E-state index in [0.29, 0.717) is 22.6 Å². The number of methoxy groups -OCH3 is 1. The van der Waals surface area contributed by atoms with Gasteiger partial charge >= 0.3 is 17.8 Å². The van der Waals surface area contributed by atoms with Crippen molar-refractivity contribution >= 4 is 29.7 Å². The van der Waals surface area contributed by atoms with Crippen LogP contribution in [0.2, 0.25) is 0 Å².